The van der Waals surface area contributed by atoms with Crippen LogP contribution in [-0.2, 0) is 18.3 Å². The third-order valence-electron chi connectivity index (χ3n) is 9.18. The van der Waals surface area contributed by atoms with Gasteiger partial charge >= 0.3 is 0 Å². The highest BCUT2D eigenvalue weighted by Crippen LogP contribution is 2.49. The van der Waals surface area contributed by atoms with E-state index < -0.39 is 10.8 Å². The molecule has 0 fully saturated rings. The van der Waals surface area contributed by atoms with Gasteiger partial charge in [0.25, 0.3) is 0 Å². The van der Waals surface area contributed by atoms with Gasteiger partial charge in [0.2, 0.25) is 0 Å². The summed E-state index contributed by atoms with van der Waals surface area (Å²) in [5.41, 5.74) is 2.96. The highest BCUT2D eigenvalue weighted by atomic mass is 16.3. The van der Waals surface area contributed by atoms with Crippen molar-refractivity contribution in [3.8, 4) is 0 Å². The molecule has 3 N–H and O–H groups in total. The molecule has 39 heavy (non-hydrogen) atoms. The smallest absolute Gasteiger partial charge is 0.0543 e. The lowest BCUT2D eigenvalue weighted by molar-refractivity contribution is -0.0375. The molecule has 0 aliphatic carbocycles. The van der Waals surface area contributed by atoms with E-state index in [1.807, 2.05) is 0 Å². The van der Waals surface area contributed by atoms with Gasteiger partial charge in [0.1, 0.15) is 0 Å². The van der Waals surface area contributed by atoms with Crippen LogP contribution in [0.2, 0.25) is 0 Å². The molecule has 0 aromatic heterocycles. The van der Waals surface area contributed by atoms with Crippen LogP contribution in [0.3, 0.4) is 0 Å². The van der Waals surface area contributed by atoms with Gasteiger partial charge in [0.05, 0.1) is 25.2 Å². The first-order chi connectivity index (χ1) is 19.0. The summed E-state index contributed by atoms with van der Waals surface area (Å²) in [5.74, 6) is 0. The van der Waals surface area contributed by atoms with Crippen LogP contribution in [0.15, 0.2) is 48.5 Å². The average Bonchev–Trinajstić information content (AvgIpc) is 2.97. The molecular formula is C36H58O3. The molecule has 0 spiro atoms. The van der Waals surface area contributed by atoms with E-state index in [1.54, 1.807) is 0 Å². The van der Waals surface area contributed by atoms with Crippen LogP contribution in [0, 0.1) is 5.41 Å². The number of aliphatic hydroxyl groups excluding tert-OH is 3. The molecule has 0 radical (unpaired) electrons. The van der Waals surface area contributed by atoms with Gasteiger partial charge in [-0.15, -0.1) is 0 Å². The fraction of sp³-hybridized carbons (Fsp3) is 0.667. The van der Waals surface area contributed by atoms with Gasteiger partial charge < -0.3 is 15.3 Å². The van der Waals surface area contributed by atoms with Gasteiger partial charge in [-0.05, 0) is 47.9 Å². The molecule has 0 aliphatic rings. The predicted octanol–water partition coefficient (Wildman–Crippen LogP) is 8.54. The zero-order valence-electron chi connectivity index (χ0n) is 25.4. The molecule has 2 aromatic carbocycles. The molecular weight excluding hydrogens is 480 g/mol. The van der Waals surface area contributed by atoms with E-state index in [2.05, 4.69) is 69.3 Å². The monoisotopic (exact) mass is 538 g/mol. The van der Waals surface area contributed by atoms with Crippen molar-refractivity contribution in [3.63, 3.8) is 0 Å². The Hall–Kier alpha value is -1.68. The second-order valence-electron chi connectivity index (χ2n) is 11.9. The Bertz CT molecular complexity index is 832. The summed E-state index contributed by atoms with van der Waals surface area (Å²) >= 11 is 0. The Balaban J connectivity index is 2.36. The third-order valence-corrected chi connectivity index (χ3v) is 9.18. The van der Waals surface area contributed by atoms with E-state index in [0.717, 1.165) is 36.8 Å². The van der Waals surface area contributed by atoms with Crippen molar-refractivity contribution < 1.29 is 15.3 Å². The number of hydrogen-bond donors (Lipinski definition) is 3. The SMILES string of the molecule is CCCCCCCCCc1ccccc1C(C)(c1ccccc1CCCCCCCCC)C(CO)(CO)CO. The van der Waals surface area contributed by atoms with Gasteiger partial charge in [0.15, 0.2) is 0 Å². The molecule has 0 amide bonds. The van der Waals surface area contributed by atoms with Crippen molar-refractivity contribution in [2.75, 3.05) is 19.8 Å². The van der Waals surface area contributed by atoms with Crippen molar-refractivity contribution in [2.45, 2.75) is 129 Å². The summed E-state index contributed by atoms with van der Waals surface area (Å²) in [5, 5.41) is 32.2. The lowest BCUT2D eigenvalue weighted by Crippen LogP contribution is -2.53. The van der Waals surface area contributed by atoms with Crippen molar-refractivity contribution in [3.05, 3.63) is 70.8 Å². The molecule has 3 nitrogen and oxygen atoms in total. The van der Waals surface area contributed by atoms with Crippen LogP contribution < -0.4 is 0 Å². The maximum absolute atomic E-state index is 10.7. The summed E-state index contributed by atoms with van der Waals surface area (Å²) in [6.45, 7) is 5.80. The minimum atomic E-state index is -1.08. The van der Waals surface area contributed by atoms with E-state index in [1.165, 1.54) is 88.2 Å². The number of aliphatic hydroxyl groups is 3. The van der Waals surface area contributed by atoms with E-state index in [9.17, 15) is 15.3 Å². The molecule has 0 bridgehead atoms. The number of aryl methyl sites for hydroxylation is 2. The van der Waals surface area contributed by atoms with Crippen molar-refractivity contribution in [1.29, 1.82) is 0 Å². The average molecular weight is 539 g/mol. The van der Waals surface area contributed by atoms with Crippen LogP contribution in [-0.4, -0.2) is 35.1 Å². The van der Waals surface area contributed by atoms with Gasteiger partial charge in [-0.25, -0.2) is 0 Å². The molecule has 220 valence electrons. The lowest BCUT2D eigenvalue weighted by atomic mass is 9.56. The minimum Gasteiger partial charge on any atom is -0.396 e. The maximum atomic E-state index is 10.7. The molecule has 0 saturated carbocycles. The second kappa shape index (κ2) is 18.6. The summed E-state index contributed by atoms with van der Waals surface area (Å²) < 4.78 is 0. The number of benzene rings is 2. The maximum Gasteiger partial charge on any atom is 0.0543 e. The first kappa shape index (κ1) is 33.5. The van der Waals surface area contributed by atoms with Crippen molar-refractivity contribution in [2.24, 2.45) is 5.41 Å². The van der Waals surface area contributed by atoms with E-state index >= 15 is 0 Å². The standard InChI is InChI=1S/C36H58O3/c1-4-6-8-10-12-14-16-22-31-24-18-20-26-33(31)35(3,36(28-37,29-38)30-39)34-27-21-19-25-32(34)23-17-15-13-11-9-7-5-2/h18-21,24-27,37-39H,4-17,22-23,28-30H2,1-3H3. The highest BCUT2D eigenvalue weighted by Gasteiger charge is 2.51. The molecule has 0 saturated heterocycles. The van der Waals surface area contributed by atoms with Crippen LogP contribution in [0.5, 0.6) is 0 Å². The summed E-state index contributed by atoms with van der Waals surface area (Å²) in [7, 11) is 0. The molecule has 2 aromatic rings. The fourth-order valence-corrected chi connectivity index (χ4v) is 6.34. The number of unbranched alkanes of at least 4 members (excludes halogenated alkanes) is 12. The molecule has 0 unspecified atom stereocenters. The van der Waals surface area contributed by atoms with Crippen molar-refractivity contribution in [1.82, 2.24) is 0 Å². The number of rotatable bonds is 22. The van der Waals surface area contributed by atoms with Gasteiger partial charge in [-0.1, -0.05) is 146 Å². The lowest BCUT2D eigenvalue weighted by Gasteiger charge is -2.48. The Morgan fingerprint density at radius 2 is 0.821 bits per heavy atom. The van der Waals surface area contributed by atoms with Crippen LogP contribution in [0.25, 0.3) is 0 Å². The minimum absolute atomic E-state index is 0.284. The normalized spacial score (nSPS) is 12.3. The van der Waals surface area contributed by atoms with Crippen LogP contribution in [0.4, 0.5) is 0 Å². The zero-order chi connectivity index (χ0) is 28.4. The van der Waals surface area contributed by atoms with Gasteiger partial charge in [0, 0.05) is 5.41 Å². The summed E-state index contributed by atoms with van der Waals surface area (Å²) in [6.07, 6.45) is 19.6. The Morgan fingerprint density at radius 3 is 1.18 bits per heavy atom. The van der Waals surface area contributed by atoms with E-state index in [4.69, 9.17) is 0 Å². The Kier molecular flexibility index (Phi) is 16.0. The largest absolute Gasteiger partial charge is 0.396 e. The second-order valence-corrected chi connectivity index (χ2v) is 11.9. The summed E-state index contributed by atoms with van der Waals surface area (Å²) in [4.78, 5) is 0. The molecule has 2 rings (SSSR count). The van der Waals surface area contributed by atoms with E-state index in [-0.39, 0.29) is 19.8 Å². The first-order valence-electron chi connectivity index (χ1n) is 16.0. The van der Waals surface area contributed by atoms with Gasteiger partial charge in [-0.2, -0.15) is 0 Å². The Morgan fingerprint density at radius 1 is 0.487 bits per heavy atom. The fourth-order valence-electron chi connectivity index (χ4n) is 6.34. The predicted molar refractivity (Wildman–Crippen MR) is 166 cm³/mol. The van der Waals surface area contributed by atoms with Gasteiger partial charge in [-0.3, -0.25) is 0 Å². The van der Waals surface area contributed by atoms with E-state index in [0.29, 0.717) is 0 Å². The highest BCUT2D eigenvalue weighted by molar-refractivity contribution is 5.49. The zero-order valence-corrected chi connectivity index (χ0v) is 25.4. The molecule has 0 aliphatic heterocycles. The topological polar surface area (TPSA) is 60.7 Å². The summed E-state index contributed by atoms with van der Waals surface area (Å²) in [6, 6.07) is 17.1. The molecule has 0 heterocycles. The van der Waals surface area contributed by atoms with Crippen LogP contribution >= 0.6 is 0 Å². The molecule has 0 atom stereocenters. The van der Waals surface area contributed by atoms with Crippen molar-refractivity contribution >= 4 is 0 Å². The molecule has 3 heteroatoms. The third kappa shape index (κ3) is 9.17. The van der Waals surface area contributed by atoms with Crippen LogP contribution in [0.1, 0.15) is 133 Å². The quantitative estimate of drug-likeness (QED) is 0.132. The first-order valence-corrected chi connectivity index (χ1v) is 16.0. The number of hydrogen-bond acceptors (Lipinski definition) is 3. The Labute approximate surface area is 240 Å².